The number of carbonyl (C=O) groups is 1. The van der Waals surface area contributed by atoms with Gasteiger partial charge in [0.1, 0.15) is 17.3 Å². The van der Waals surface area contributed by atoms with Crippen LogP contribution >= 0.6 is 0 Å². The number of carbonyl (C=O) groups excluding carboxylic acids is 1. The molecule has 1 aliphatic heterocycles. The van der Waals surface area contributed by atoms with Crippen molar-refractivity contribution < 1.29 is 18.7 Å². The van der Waals surface area contributed by atoms with Gasteiger partial charge in [0.15, 0.2) is 9.04 Å². The highest BCUT2D eigenvalue weighted by atomic mass is 28.3. The van der Waals surface area contributed by atoms with Crippen LogP contribution in [0, 0.1) is 0 Å². The summed E-state index contributed by atoms with van der Waals surface area (Å²) in [6.45, 7) is 14.7. The first-order valence-corrected chi connectivity index (χ1v) is 13.9. The number of rotatable bonds is 8. The normalized spacial score (nSPS) is 23.9. The lowest BCUT2D eigenvalue weighted by atomic mass is 9.93. The summed E-state index contributed by atoms with van der Waals surface area (Å²) in [6.07, 6.45) is -0.844. The summed E-state index contributed by atoms with van der Waals surface area (Å²) in [5.41, 5.74) is 1.26. The molecular formula is C25H36NO4Si+. The van der Waals surface area contributed by atoms with Gasteiger partial charge in [0.2, 0.25) is 6.23 Å². The number of hydrogen-bond acceptors (Lipinski definition) is 4. The van der Waals surface area contributed by atoms with E-state index in [1.807, 2.05) is 74.5 Å². The lowest BCUT2D eigenvalue weighted by Gasteiger charge is -2.50. The van der Waals surface area contributed by atoms with E-state index in [1.54, 1.807) is 0 Å². The molecule has 4 atom stereocenters. The second-order valence-electron chi connectivity index (χ2n) is 9.35. The number of nitrogens with zero attached hydrogens (tertiary/aromatic N) is 1. The summed E-state index contributed by atoms with van der Waals surface area (Å²) < 4.78 is 18.6. The SMILES string of the molecule is CCOC(c1ccccc1)[N+](C(=O)[C@@]1(O[SiH](C)C)O[C@@H]1C)(c1ccccc1)C(C)(C)C. The zero-order valence-electron chi connectivity index (χ0n) is 19.8. The summed E-state index contributed by atoms with van der Waals surface area (Å²) in [5, 5.41) is 0. The quantitative estimate of drug-likeness (QED) is 0.245. The van der Waals surface area contributed by atoms with Crippen LogP contribution in [0.25, 0.3) is 0 Å². The third-order valence-electron chi connectivity index (χ3n) is 5.84. The van der Waals surface area contributed by atoms with Crippen LogP contribution in [0.4, 0.5) is 5.69 Å². The predicted octanol–water partition coefficient (Wildman–Crippen LogP) is 5.17. The van der Waals surface area contributed by atoms with Crippen molar-refractivity contribution in [3.63, 3.8) is 0 Å². The molecule has 0 spiro atoms. The Bertz CT molecular complexity index is 883. The topological polar surface area (TPSA) is 48.1 Å². The van der Waals surface area contributed by atoms with E-state index in [2.05, 4.69) is 33.9 Å². The Morgan fingerprint density at radius 2 is 1.61 bits per heavy atom. The highest BCUT2D eigenvalue weighted by molar-refractivity contribution is 6.49. The molecule has 1 amide bonds. The average molecular weight is 443 g/mol. The number of quaternary nitrogens is 1. The first kappa shape index (κ1) is 23.8. The molecular weight excluding hydrogens is 406 g/mol. The molecule has 0 bridgehead atoms. The number of hydrogen-bond donors (Lipinski definition) is 0. The fraction of sp³-hybridized carbons (Fsp3) is 0.480. The van der Waals surface area contributed by atoms with Crippen molar-refractivity contribution in [1.82, 2.24) is 4.48 Å². The number of ether oxygens (including phenoxy) is 2. The van der Waals surface area contributed by atoms with Crippen molar-refractivity contribution in [2.24, 2.45) is 0 Å². The van der Waals surface area contributed by atoms with E-state index in [4.69, 9.17) is 13.9 Å². The maximum absolute atomic E-state index is 14.7. The Kier molecular flexibility index (Phi) is 6.89. The number of amides is 1. The minimum Gasteiger partial charge on any atom is -0.382 e. The second-order valence-corrected chi connectivity index (χ2v) is 11.7. The van der Waals surface area contributed by atoms with Crippen molar-refractivity contribution in [1.29, 1.82) is 0 Å². The summed E-state index contributed by atoms with van der Waals surface area (Å²) in [4.78, 5) is 14.7. The summed E-state index contributed by atoms with van der Waals surface area (Å²) >= 11 is 0. The second kappa shape index (κ2) is 8.96. The highest BCUT2D eigenvalue weighted by Crippen LogP contribution is 2.51. The molecule has 1 heterocycles. The molecule has 31 heavy (non-hydrogen) atoms. The standard InChI is InChI=1S/C25H36NO4Si/c1-8-28-22(20-15-11-9-12-16-20)26(24(3,4)5,21-17-13-10-14-18-21)23(27)25(19(2)29-25)30-31(6)7/h9-19,22,31H,8H2,1-7H3/q+1/t19-,22?,25-,26?/m1/s1. The molecule has 0 saturated carbocycles. The van der Waals surface area contributed by atoms with E-state index in [0.717, 1.165) is 11.3 Å². The van der Waals surface area contributed by atoms with Crippen LogP contribution in [-0.4, -0.2) is 39.0 Å². The van der Waals surface area contributed by atoms with Crippen molar-refractivity contribution in [2.45, 2.75) is 71.4 Å². The van der Waals surface area contributed by atoms with Gasteiger partial charge in [-0.2, -0.15) is 4.48 Å². The Morgan fingerprint density at radius 1 is 1.10 bits per heavy atom. The molecule has 1 saturated heterocycles. The summed E-state index contributed by atoms with van der Waals surface area (Å²) in [6, 6.07) is 19.9. The lowest BCUT2D eigenvalue weighted by molar-refractivity contribution is -0.172. The van der Waals surface area contributed by atoms with Gasteiger partial charge in [0.25, 0.3) is 0 Å². The zero-order chi connectivity index (χ0) is 22.9. The maximum Gasteiger partial charge on any atom is 0.383 e. The molecule has 2 aromatic rings. The first-order chi connectivity index (χ1) is 14.6. The number of epoxide rings is 1. The Hall–Kier alpha value is -1.83. The van der Waals surface area contributed by atoms with Gasteiger partial charge in [-0.25, -0.2) is 4.79 Å². The molecule has 6 heteroatoms. The Balaban J connectivity index is 2.33. The molecule has 1 fully saturated rings. The van der Waals surface area contributed by atoms with Crippen molar-refractivity contribution in [3.05, 3.63) is 66.2 Å². The van der Waals surface area contributed by atoms with Gasteiger partial charge >= 0.3 is 11.7 Å². The summed E-state index contributed by atoms with van der Waals surface area (Å²) in [5.74, 6) is -1.35. The summed E-state index contributed by atoms with van der Waals surface area (Å²) in [7, 11) is -1.57. The highest BCUT2D eigenvalue weighted by Gasteiger charge is 2.73. The van der Waals surface area contributed by atoms with Gasteiger partial charge in [-0.1, -0.05) is 48.5 Å². The van der Waals surface area contributed by atoms with Crippen molar-refractivity contribution in [2.75, 3.05) is 6.61 Å². The molecule has 2 unspecified atom stereocenters. The fourth-order valence-corrected chi connectivity index (χ4v) is 5.54. The fourth-order valence-electron chi connectivity index (χ4n) is 4.50. The molecule has 0 radical (unpaired) electrons. The average Bonchev–Trinajstić information content (AvgIpc) is 3.37. The third kappa shape index (κ3) is 4.15. The molecule has 3 rings (SSSR count). The van der Waals surface area contributed by atoms with Crippen LogP contribution in [0.5, 0.6) is 0 Å². The molecule has 0 aromatic heterocycles. The minimum atomic E-state index is -1.57. The van der Waals surface area contributed by atoms with E-state index in [-0.39, 0.29) is 16.5 Å². The Morgan fingerprint density at radius 3 is 2.03 bits per heavy atom. The smallest absolute Gasteiger partial charge is 0.382 e. The van der Waals surface area contributed by atoms with Crippen LogP contribution in [0.2, 0.25) is 13.1 Å². The van der Waals surface area contributed by atoms with Crippen molar-refractivity contribution in [3.8, 4) is 0 Å². The van der Waals surface area contributed by atoms with Crippen LogP contribution in [-0.2, 0) is 18.7 Å². The van der Waals surface area contributed by atoms with Gasteiger partial charge in [-0.15, -0.1) is 0 Å². The minimum absolute atomic E-state index is 0.0584. The number of para-hydroxylation sites is 1. The van der Waals surface area contributed by atoms with Gasteiger partial charge < -0.3 is 13.9 Å². The van der Waals surface area contributed by atoms with E-state index in [1.165, 1.54) is 0 Å². The van der Waals surface area contributed by atoms with Gasteiger partial charge in [-0.3, -0.25) is 0 Å². The first-order valence-electron chi connectivity index (χ1n) is 11.1. The van der Waals surface area contributed by atoms with Crippen LogP contribution in [0.15, 0.2) is 60.7 Å². The van der Waals surface area contributed by atoms with E-state index < -0.39 is 26.6 Å². The van der Waals surface area contributed by atoms with Gasteiger partial charge in [0, 0.05) is 5.56 Å². The van der Waals surface area contributed by atoms with Crippen LogP contribution < -0.4 is 4.48 Å². The largest absolute Gasteiger partial charge is 0.383 e. The molecule has 0 N–H and O–H groups in total. The lowest BCUT2D eigenvalue weighted by Crippen LogP contribution is -2.71. The predicted molar refractivity (Wildman–Crippen MR) is 127 cm³/mol. The van der Waals surface area contributed by atoms with E-state index in [9.17, 15) is 4.79 Å². The molecule has 1 aliphatic rings. The molecule has 2 aromatic carbocycles. The van der Waals surface area contributed by atoms with Gasteiger partial charge in [-0.05, 0) is 59.8 Å². The van der Waals surface area contributed by atoms with E-state index >= 15 is 0 Å². The van der Waals surface area contributed by atoms with E-state index in [0.29, 0.717) is 6.61 Å². The van der Waals surface area contributed by atoms with Crippen LogP contribution in [0.1, 0.15) is 46.4 Å². The monoisotopic (exact) mass is 442 g/mol. The number of benzene rings is 2. The van der Waals surface area contributed by atoms with Crippen LogP contribution in [0.3, 0.4) is 0 Å². The molecule has 0 aliphatic carbocycles. The van der Waals surface area contributed by atoms with Crippen molar-refractivity contribution >= 4 is 20.6 Å². The maximum atomic E-state index is 14.7. The molecule has 5 nitrogen and oxygen atoms in total. The molecule has 168 valence electrons. The van der Waals surface area contributed by atoms with Gasteiger partial charge in [0.05, 0.1) is 6.61 Å². The third-order valence-corrected chi connectivity index (χ3v) is 6.66. The Labute approximate surface area is 188 Å². The zero-order valence-corrected chi connectivity index (χ0v) is 20.9.